The molecule has 0 saturated carbocycles. The lowest BCUT2D eigenvalue weighted by atomic mass is 10.0. The van der Waals surface area contributed by atoms with E-state index in [1.54, 1.807) is 32.0 Å². The van der Waals surface area contributed by atoms with Crippen molar-refractivity contribution in [3.8, 4) is 11.5 Å². The van der Waals surface area contributed by atoms with Crippen molar-refractivity contribution in [3.63, 3.8) is 0 Å². The number of alkyl halides is 1. The molecule has 0 aliphatic rings. The van der Waals surface area contributed by atoms with Gasteiger partial charge in [-0.25, -0.2) is 4.39 Å². The quantitative estimate of drug-likeness (QED) is 0.415. The maximum atomic E-state index is 15.6. The van der Waals surface area contributed by atoms with Crippen molar-refractivity contribution < 1.29 is 13.9 Å². The summed E-state index contributed by atoms with van der Waals surface area (Å²) in [6.45, 7) is 0. The van der Waals surface area contributed by atoms with E-state index >= 15 is 4.39 Å². The molecule has 2 atom stereocenters. The Balaban J connectivity index is 1.82. The van der Waals surface area contributed by atoms with Gasteiger partial charge in [0, 0.05) is 0 Å². The monoisotopic (exact) mass is 396 g/mol. The summed E-state index contributed by atoms with van der Waals surface area (Å²) in [5, 5.41) is -0.328. The fourth-order valence-electron chi connectivity index (χ4n) is 3.10. The van der Waals surface area contributed by atoms with Gasteiger partial charge in [0.2, 0.25) is 0 Å². The smallest absolute Gasteiger partial charge is 0.141 e. The van der Waals surface area contributed by atoms with Crippen molar-refractivity contribution in [1.29, 1.82) is 0 Å². The molecule has 2 nitrogen and oxygen atoms in total. The van der Waals surface area contributed by atoms with Crippen LogP contribution in [-0.4, -0.2) is 20.0 Å². The average molecular weight is 397 g/mol. The minimum Gasteiger partial charge on any atom is -0.497 e. The Labute approximate surface area is 170 Å². The molecule has 0 aromatic heterocycles. The number of benzene rings is 3. The van der Waals surface area contributed by atoms with Crippen LogP contribution in [0.2, 0.25) is 0 Å². The highest BCUT2D eigenvalue weighted by atomic mass is 32.2. The van der Waals surface area contributed by atoms with Crippen molar-refractivity contribution in [3.05, 3.63) is 95.6 Å². The van der Waals surface area contributed by atoms with Gasteiger partial charge < -0.3 is 9.47 Å². The zero-order valence-electron chi connectivity index (χ0n) is 16.2. The van der Waals surface area contributed by atoms with E-state index in [9.17, 15) is 0 Å². The van der Waals surface area contributed by atoms with Crippen LogP contribution >= 0.6 is 11.8 Å². The Bertz CT molecular complexity index is 869. The molecule has 0 heterocycles. The van der Waals surface area contributed by atoms with E-state index < -0.39 is 6.17 Å². The second-order valence-corrected chi connectivity index (χ2v) is 7.73. The first kappa shape index (κ1) is 20.3. The van der Waals surface area contributed by atoms with Gasteiger partial charge in [0.15, 0.2) is 0 Å². The number of thioether (sulfide) groups is 1. The summed E-state index contributed by atoms with van der Waals surface area (Å²) < 4.78 is 26.3. The first-order valence-electron chi connectivity index (χ1n) is 9.28. The topological polar surface area (TPSA) is 18.5 Å². The molecule has 0 aliphatic heterocycles. The summed E-state index contributed by atoms with van der Waals surface area (Å²) in [5.74, 6) is 2.24. The van der Waals surface area contributed by atoms with Crippen LogP contribution < -0.4 is 9.47 Å². The van der Waals surface area contributed by atoms with E-state index in [0.29, 0.717) is 11.3 Å². The van der Waals surface area contributed by atoms with Crippen LogP contribution in [-0.2, 0) is 6.42 Å². The Morgan fingerprint density at radius 3 is 2.04 bits per heavy atom. The minimum absolute atomic E-state index is 0.328. The predicted octanol–water partition coefficient (Wildman–Crippen LogP) is 6.43. The molecule has 4 heteroatoms. The van der Waals surface area contributed by atoms with E-state index in [0.717, 1.165) is 23.5 Å². The molecule has 0 fully saturated rings. The van der Waals surface area contributed by atoms with Crippen LogP contribution in [0.1, 0.15) is 28.1 Å². The second-order valence-electron chi connectivity index (χ2n) is 6.48. The molecule has 146 valence electrons. The normalized spacial score (nSPS) is 13.0. The van der Waals surface area contributed by atoms with Crippen molar-refractivity contribution in [2.24, 2.45) is 0 Å². The fourth-order valence-corrected chi connectivity index (χ4v) is 4.38. The number of hydrogen-bond donors (Lipinski definition) is 0. The van der Waals surface area contributed by atoms with Gasteiger partial charge in [0.05, 0.1) is 19.5 Å². The van der Waals surface area contributed by atoms with Crippen LogP contribution in [0.25, 0.3) is 0 Å². The van der Waals surface area contributed by atoms with Crippen LogP contribution in [0.15, 0.2) is 78.9 Å². The molecule has 0 spiro atoms. The third-order valence-electron chi connectivity index (χ3n) is 4.63. The Morgan fingerprint density at radius 2 is 1.39 bits per heavy atom. The van der Waals surface area contributed by atoms with E-state index in [1.165, 1.54) is 5.56 Å². The molecular weight excluding hydrogens is 371 g/mol. The summed E-state index contributed by atoms with van der Waals surface area (Å²) in [5.41, 5.74) is 2.81. The largest absolute Gasteiger partial charge is 0.497 e. The SMILES string of the molecule is COc1cccc([C@H](F)[C@@H](SCCc2ccccc2)c2cccc(OC)c2)c1. The molecular formula is C24H25FO2S. The van der Waals surface area contributed by atoms with Gasteiger partial charge in [-0.1, -0.05) is 54.6 Å². The molecule has 0 unspecified atom stereocenters. The third kappa shape index (κ3) is 5.29. The second kappa shape index (κ2) is 10.2. The molecule has 28 heavy (non-hydrogen) atoms. The maximum absolute atomic E-state index is 15.6. The van der Waals surface area contributed by atoms with Crippen LogP contribution in [0.5, 0.6) is 11.5 Å². The fraction of sp³-hybridized carbons (Fsp3) is 0.250. The lowest BCUT2D eigenvalue weighted by Crippen LogP contribution is -2.06. The van der Waals surface area contributed by atoms with E-state index in [2.05, 4.69) is 12.1 Å². The minimum atomic E-state index is -1.15. The van der Waals surface area contributed by atoms with Gasteiger partial charge in [0.25, 0.3) is 0 Å². The lowest BCUT2D eigenvalue weighted by Gasteiger charge is -2.22. The number of hydrogen-bond acceptors (Lipinski definition) is 3. The molecule has 0 radical (unpaired) electrons. The number of methoxy groups -OCH3 is 2. The molecule has 0 aliphatic carbocycles. The van der Waals surface area contributed by atoms with Crippen LogP contribution in [0.3, 0.4) is 0 Å². The van der Waals surface area contributed by atoms with Gasteiger partial charge in [-0.3, -0.25) is 0 Å². The van der Waals surface area contributed by atoms with Gasteiger partial charge >= 0.3 is 0 Å². The Kier molecular flexibility index (Phi) is 7.38. The summed E-state index contributed by atoms with van der Waals surface area (Å²) in [7, 11) is 3.23. The van der Waals surface area contributed by atoms with Crippen molar-refractivity contribution >= 4 is 11.8 Å². The first-order valence-corrected chi connectivity index (χ1v) is 10.3. The van der Waals surface area contributed by atoms with Crippen LogP contribution in [0, 0.1) is 0 Å². The van der Waals surface area contributed by atoms with Crippen molar-refractivity contribution in [2.75, 3.05) is 20.0 Å². The summed E-state index contributed by atoms with van der Waals surface area (Å²) in [6.07, 6.45) is -0.250. The van der Waals surface area contributed by atoms with Gasteiger partial charge in [0.1, 0.15) is 17.7 Å². The molecule has 0 N–H and O–H groups in total. The van der Waals surface area contributed by atoms with E-state index in [-0.39, 0.29) is 5.25 Å². The Morgan fingerprint density at radius 1 is 0.786 bits per heavy atom. The lowest BCUT2D eigenvalue weighted by molar-refractivity contribution is 0.333. The first-order chi connectivity index (χ1) is 13.7. The summed E-state index contributed by atoms with van der Waals surface area (Å²) >= 11 is 1.63. The highest BCUT2D eigenvalue weighted by molar-refractivity contribution is 7.99. The van der Waals surface area contributed by atoms with Crippen molar-refractivity contribution in [1.82, 2.24) is 0 Å². The van der Waals surface area contributed by atoms with E-state index in [1.807, 2.05) is 60.7 Å². The summed E-state index contributed by atoms with van der Waals surface area (Å²) in [6, 6.07) is 25.2. The number of halogens is 1. The zero-order chi connectivity index (χ0) is 19.8. The Hall–Kier alpha value is -2.46. The van der Waals surface area contributed by atoms with Gasteiger partial charge in [-0.2, -0.15) is 0 Å². The van der Waals surface area contributed by atoms with Gasteiger partial charge in [-0.05, 0) is 53.1 Å². The number of ether oxygens (including phenoxy) is 2. The molecule has 0 saturated heterocycles. The third-order valence-corrected chi connectivity index (χ3v) is 5.94. The number of aryl methyl sites for hydroxylation is 1. The van der Waals surface area contributed by atoms with E-state index in [4.69, 9.17) is 9.47 Å². The molecule has 3 aromatic rings. The molecule has 3 aromatic carbocycles. The average Bonchev–Trinajstić information content (AvgIpc) is 2.77. The highest BCUT2D eigenvalue weighted by Crippen LogP contribution is 2.44. The van der Waals surface area contributed by atoms with Crippen molar-refractivity contribution in [2.45, 2.75) is 17.8 Å². The highest BCUT2D eigenvalue weighted by Gasteiger charge is 2.26. The molecule has 0 amide bonds. The molecule has 3 rings (SSSR count). The number of rotatable bonds is 9. The predicted molar refractivity (Wildman–Crippen MR) is 115 cm³/mol. The van der Waals surface area contributed by atoms with Gasteiger partial charge in [-0.15, -0.1) is 11.8 Å². The summed E-state index contributed by atoms with van der Waals surface area (Å²) in [4.78, 5) is 0. The zero-order valence-corrected chi connectivity index (χ0v) is 17.0. The standard InChI is InChI=1S/C24H25FO2S/c1-26-21-12-6-10-19(16-21)23(25)24(20-11-7-13-22(17-20)27-2)28-15-14-18-8-4-3-5-9-18/h3-13,16-17,23-24H,14-15H2,1-2H3/t23-,24-/m0/s1. The maximum Gasteiger partial charge on any atom is 0.141 e. The van der Waals surface area contributed by atoms with Crippen LogP contribution in [0.4, 0.5) is 4.39 Å². The molecule has 0 bridgehead atoms.